The summed E-state index contributed by atoms with van der Waals surface area (Å²) in [5, 5.41) is 10.7. The van der Waals surface area contributed by atoms with Crippen LogP contribution in [-0.2, 0) is 13.0 Å². The Hall–Kier alpha value is -3.18. The number of hydrogen-bond donors (Lipinski definition) is 2. The van der Waals surface area contributed by atoms with Crippen LogP contribution in [0, 0.1) is 11.8 Å². The van der Waals surface area contributed by atoms with Gasteiger partial charge in [-0.1, -0.05) is 48.5 Å². The van der Waals surface area contributed by atoms with Crippen molar-refractivity contribution in [2.75, 3.05) is 12.8 Å². The van der Waals surface area contributed by atoms with Crippen molar-refractivity contribution >= 4 is 11.7 Å². The standard InChI is InChI=1S/C27H31N3O2/c1-30(18-24-8-5-9-25(28)29-24)27(32)22-13-10-19(11-14-22)16-20-12-15-23(17-20)26(31)21-6-3-2-4-7-21/h2-11,13-14,20,23,26,31H,12,15-18H2,1H3,(H2,28,29)/t20?,23-,26+/m0/s1. The van der Waals surface area contributed by atoms with E-state index in [4.69, 9.17) is 5.73 Å². The Morgan fingerprint density at radius 3 is 2.53 bits per heavy atom. The average Bonchev–Trinajstić information content (AvgIpc) is 3.27. The molecule has 166 valence electrons. The summed E-state index contributed by atoms with van der Waals surface area (Å²) in [5.41, 5.74) is 9.42. The van der Waals surface area contributed by atoms with Crippen LogP contribution in [0.4, 0.5) is 5.82 Å². The number of carbonyl (C=O) groups is 1. The van der Waals surface area contributed by atoms with Crippen LogP contribution in [0.25, 0.3) is 0 Å². The van der Waals surface area contributed by atoms with Gasteiger partial charge in [0.05, 0.1) is 18.3 Å². The fourth-order valence-corrected chi connectivity index (χ4v) is 4.75. The number of anilines is 1. The third-order valence-corrected chi connectivity index (χ3v) is 6.47. The molecule has 0 bridgehead atoms. The van der Waals surface area contributed by atoms with Crippen LogP contribution >= 0.6 is 0 Å². The molecule has 4 rings (SSSR count). The maximum Gasteiger partial charge on any atom is 0.253 e. The minimum atomic E-state index is -0.383. The van der Waals surface area contributed by atoms with E-state index in [-0.39, 0.29) is 12.0 Å². The highest BCUT2D eigenvalue weighted by Crippen LogP contribution is 2.40. The molecule has 1 aromatic heterocycles. The van der Waals surface area contributed by atoms with Crippen LogP contribution in [0.2, 0.25) is 0 Å². The maximum absolute atomic E-state index is 12.8. The number of aliphatic hydroxyl groups excluding tert-OH is 1. The molecule has 0 saturated heterocycles. The number of nitrogen functional groups attached to an aromatic ring is 1. The first-order valence-electron chi connectivity index (χ1n) is 11.3. The van der Waals surface area contributed by atoms with Crippen molar-refractivity contribution < 1.29 is 9.90 Å². The molecule has 0 aliphatic heterocycles. The monoisotopic (exact) mass is 429 g/mol. The molecule has 1 fully saturated rings. The number of nitrogens with zero attached hydrogens (tertiary/aromatic N) is 2. The Balaban J connectivity index is 1.31. The molecule has 5 nitrogen and oxygen atoms in total. The molecule has 1 aliphatic rings. The maximum atomic E-state index is 12.8. The molecular weight excluding hydrogens is 398 g/mol. The lowest BCUT2D eigenvalue weighted by Gasteiger charge is -2.19. The second-order valence-electron chi connectivity index (χ2n) is 8.91. The first-order valence-corrected chi connectivity index (χ1v) is 11.3. The highest BCUT2D eigenvalue weighted by atomic mass is 16.3. The summed E-state index contributed by atoms with van der Waals surface area (Å²) >= 11 is 0. The molecule has 0 radical (unpaired) electrons. The summed E-state index contributed by atoms with van der Waals surface area (Å²) in [6, 6.07) is 23.3. The third kappa shape index (κ3) is 5.35. The summed E-state index contributed by atoms with van der Waals surface area (Å²) < 4.78 is 0. The van der Waals surface area contributed by atoms with Gasteiger partial charge in [-0.3, -0.25) is 4.79 Å². The smallest absolute Gasteiger partial charge is 0.253 e. The van der Waals surface area contributed by atoms with Crippen molar-refractivity contribution in [2.24, 2.45) is 11.8 Å². The summed E-state index contributed by atoms with van der Waals surface area (Å²) in [4.78, 5) is 18.7. The van der Waals surface area contributed by atoms with E-state index in [9.17, 15) is 9.90 Å². The highest BCUT2D eigenvalue weighted by molar-refractivity contribution is 5.94. The van der Waals surface area contributed by atoms with Gasteiger partial charge in [-0.05, 0) is 72.9 Å². The molecule has 3 atom stereocenters. The van der Waals surface area contributed by atoms with E-state index >= 15 is 0 Å². The van der Waals surface area contributed by atoms with E-state index in [1.807, 2.05) is 54.6 Å². The van der Waals surface area contributed by atoms with Gasteiger partial charge in [-0.2, -0.15) is 0 Å². The lowest BCUT2D eigenvalue weighted by atomic mass is 9.91. The zero-order chi connectivity index (χ0) is 22.5. The van der Waals surface area contributed by atoms with Crippen LogP contribution in [0.5, 0.6) is 0 Å². The van der Waals surface area contributed by atoms with Crippen LogP contribution in [0.1, 0.15) is 52.5 Å². The lowest BCUT2D eigenvalue weighted by Crippen LogP contribution is -2.26. The number of rotatable bonds is 7. The Kier molecular flexibility index (Phi) is 6.86. The fourth-order valence-electron chi connectivity index (χ4n) is 4.75. The molecule has 1 heterocycles. The SMILES string of the molecule is CN(Cc1cccc(N)n1)C(=O)c1ccc(CC2CC[C@H]([C@H](O)c3ccccc3)C2)cc1. The van der Waals surface area contributed by atoms with Crippen LogP contribution in [-0.4, -0.2) is 27.9 Å². The van der Waals surface area contributed by atoms with Crippen molar-refractivity contribution in [1.82, 2.24) is 9.88 Å². The molecule has 5 heteroatoms. The molecule has 1 aliphatic carbocycles. The van der Waals surface area contributed by atoms with Crippen molar-refractivity contribution in [2.45, 2.75) is 38.3 Å². The Morgan fingerprint density at radius 1 is 1.06 bits per heavy atom. The molecule has 0 spiro atoms. The molecular formula is C27H31N3O2. The van der Waals surface area contributed by atoms with Gasteiger partial charge >= 0.3 is 0 Å². The zero-order valence-corrected chi connectivity index (χ0v) is 18.5. The van der Waals surface area contributed by atoms with Crippen LogP contribution < -0.4 is 5.73 Å². The van der Waals surface area contributed by atoms with Gasteiger partial charge in [0.15, 0.2) is 0 Å². The van der Waals surface area contributed by atoms with E-state index < -0.39 is 0 Å². The molecule has 2 aromatic carbocycles. The van der Waals surface area contributed by atoms with Crippen molar-refractivity contribution in [1.29, 1.82) is 0 Å². The number of benzene rings is 2. The zero-order valence-electron chi connectivity index (χ0n) is 18.5. The van der Waals surface area contributed by atoms with Gasteiger partial charge in [0.1, 0.15) is 5.82 Å². The molecule has 32 heavy (non-hydrogen) atoms. The number of aromatic nitrogens is 1. The number of carbonyl (C=O) groups excluding carboxylic acids is 1. The largest absolute Gasteiger partial charge is 0.388 e. The lowest BCUT2D eigenvalue weighted by molar-refractivity contribution is 0.0783. The van der Waals surface area contributed by atoms with Gasteiger partial charge in [0.2, 0.25) is 0 Å². The van der Waals surface area contributed by atoms with Gasteiger partial charge in [-0.25, -0.2) is 4.98 Å². The minimum Gasteiger partial charge on any atom is -0.388 e. The summed E-state index contributed by atoms with van der Waals surface area (Å²) in [6.45, 7) is 0.416. The number of pyridine rings is 1. The van der Waals surface area contributed by atoms with Crippen LogP contribution in [0.15, 0.2) is 72.8 Å². The van der Waals surface area contributed by atoms with E-state index in [0.29, 0.717) is 29.8 Å². The molecule has 3 N–H and O–H groups in total. The second-order valence-corrected chi connectivity index (χ2v) is 8.91. The number of aliphatic hydroxyl groups is 1. The second kappa shape index (κ2) is 9.96. The van der Waals surface area contributed by atoms with Crippen molar-refractivity contribution in [3.8, 4) is 0 Å². The average molecular weight is 430 g/mol. The van der Waals surface area contributed by atoms with Crippen LogP contribution in [0.3, 0.4) is 0 Å². The molecule has 1 unspecified atom stereocenters. The number of hydrogen-bond acceptors (Lipinski definition) is 4. The molecule has 1 saturated carbocycles. The quantitative estimate of drug-likeness (QED) is 0.574. The van der Waals surface area contributed by atoms with E-state index in [0.717, 1.165) is 36.9 Å². The first kappa shape index (κ1) is 22.0. The molecule has 3 aromatic rings. The van der Waals surface area contributed by atoms with Crippen molar-refractivity contribution in [3.05, 3.63) is 95.2 Å². The van der Waals surface area contributed by atoms with Gasteiger partial charge in [-0.15, -0.1) is 0 Å². The Morgan fingerprint density at radius 2 is 1.81 bits per heavy atom. The highest BCUT2D eigenvalue weighted by Gasteiger charge is 2.30. The van der Waals surface area contributed by atoms with E-state index in [1.54, 1.807) is 18.0 Å². The minimum absolute atomic E-state index is 0.0345. The predicted octanol–water partition coefficient (Wildman–Crippen LogP) is 4.63. The normalized spacial score (nSPS) is 18.9. The van der Waals surface area contributed by atoms with Gasteiger partial charge in [0, 0.05) is 12.6 Å². The number of nitrogens with two attached hydrogens (primary N) is 1. The number of amides is 1. The predicted molar refractivity (Wildman–Crippen MR) is 127 cm³/mol. The summed E-state index contributed by atoms with van der Waals surface area (Å²) in [6.07, 6.45) is 3.82. The molecule has 1 amide bonds. The summed E-state index contributed by atoms with van der Waals surface area (Å²) in [7, 11) is 1.78. The Labute approximate surface area is 189 Å². The van der Waals surface area contributed by atoms with E-state index in [1.165, 1.54) is 5.56 Å². The van der Waals surface area contributed by atoms with E-state index in [2.05, 4.69) is 17.1 Å². The Bertz CT molecular complexity index is 1040. The third-order valence-electron chi connectivity index (χ3n) is 6.47. The van der Waals surface area contributed by atoms with Gasteiger partial charge in [0.25, 0.3) is 5.91 Å². The van der Waals surface area contributed by atoms with Gasteiger partial charge < -0.3 is 15.7 Å². The fraction of sp³-hybridized carbons (Fsp3) is 0.333. The first-order chi connectivity index (χ1) is 15.5. The summed E-state index contributed by atoms with van der Waals surface area (Å²) in [5.74, 6) is 1.31. The van der Waals surface area contributed by atoms with Crippen molar-refractivity contribution in [3.63, 3.8) is 0 Å². The topological polar surface area (TPSA) is 79.5 Å².